The van der Waals surface area contributed by atoms with Gasteiger partial charge in [-0.3, -0.25) is 0 Å². The van der Waals surface area contributed by atoms with Gasteiger partial charge in [0, 0.05) is 26.1 Å². The monoisotopic (exact) mass is 372 g/mol. The number of benzene rings is 1. The van der Waals surface area contributed by atoms with E-state index in [0.717, 1.165) is 25.6 Å². The van der Waals surface area contributed by atoms with E-state index in [9.17, 15) is 13.2 Å². The predicted molar refractivity (Wildman–Crippen MR) is 98.0 cm³/mol. The molecule has 0 aliphatic carbocycles. The van der Waals surface area contributed by atoms with Crippen molar-refractivity contribution in [3.63, 3.8) is 0 Å². The Balaban J connectivity index is 1.86. The van der Waals surface area contributed by atoms with Crippen LogP contribution in [0.4, 0.5) is 13.2 Å². The molecular weight excluding hydrogens is 343 g/mol. The molecule has 0 bridgehead atoms. The smallest absolute Gasteiger partial charge is 0.413 e. The highest BCUT2D eigenvalue weighted by atomic mass is 28.4. The molecular formula is C19H29F3NOSi. The summed E-state index contributed by atoms with van der Waals surface area (Å²) >= 11 is 0. The van der Waals surface area contributed by atoms with Gasteiger partial charge < -0.3 is 9.33 Å². The summed E-state index contributed by atoms with van der Waals surface area (Å²) in [6, 6.07) is 5.49. The largest absolute Gasteiger partial charge is 0.416 e. The zero-order chi connectivity index (χ0) is 18.9. The maximum absolute atomic E-state index is 12.8. The van der Waals surface area contributed by atoms with Crippen molar-refractivity contribution in [3.05, 3.63) is 41.8 Å². The van der Waals surface area contributed by atoms with Crippen molar-refractivity contribution in [1.82, 2.24) is 4.90 Å². The molecule has 0 unspecified atom stereocenters. The van der Waals surface area contributed by atoms with E-state index in [4.69, 9.17) is 4.43 Å². The zero-order valence-corrected chi connectivity index (χ0v) is 16.8. The maximum Gasteiger partial charge on any atom is 0.416 e. The zero-order valence-electron chi connectivity index (χ0n) is 15.8. The van der Waals surface area contributed by atoms with Gasteiger partial charge in [0.15, 0.2) is 8.32 Å². The molecule has 141 valence electrons. The first kappa shape index (κ1) is 20.5. The molecule has 0 spiro atoms. The summed E-state index contributed by atoms with van der Waals surface area (Å²) in [6.45, 7) is 13.6. The average Bonchev–Trinajstić information content (AvgIpc) is 2.90. The second-order valence-corrected chi connectivity index (χ2v) is 13.1. The topological polar surface area (TPSA) is 12.5 Å². The van der Waals surface area contributed by atoms with Gasteiger partial charge in [0.2, 0.25) is 0 Å². The standard InChI is InChI=1S/C19H29F3NOSi/c1-18(2,3)25(4,5)24-17-10-12-23(14-17)11-9-15-7-6-8-16(13-15)19(20,21)22/h6-9,13,17H,10-12,14H2,1-5H3/t17-/m0/s1. The van der Waals surface area contributed by atoms with Crippen LogP contribution in [0.1, 0.15) is 38.3 Å². The maximum atomic E-state index is 12.8. The number of hydrogen-bond acceptors (Lipinski definition) is 2. The first-order chi connectivity index (χ1) is 11.4. The van der Waals surface area contributed by atoms with Gasteiger partial charge in [-0.25, -0.2) is 0 Å². The summed E-state index contributed by atoms with van der Waals surface area (Å²) in [7, 11) is -1.78. The van der Waals surface area contributed by atoms with E-state index in [1.165, 1.54) is 12.1 Å². The SMILES string of the molecule is CC(C)(C)[Si](C)(C)O[C@H]1CCN(C[CH]c2cccc(C(F)(F)F)c2)C1. The molecule has 2 rings (SSSR count). The minimum absolute atomic E-state index is 0.185. The highest BCUT2D eigenvalue weighted by Crippen LogP contribution is 2.38. The van der Waals surface area contributed by atoms with Crippen LogP contribution in [0.5, 0.6) is 0 Å². The Morgan fingerprint density at radius 2 is 1.92 bits per heavy atom. The normalized spacial score (nSPS) is 20.2. The fraction of sp³-hybridized carbons (Fsp3) is 0.632. The van der Waals surface area contributed by atoms with Crippen molar-refractivity contribution in [2.24, 2.45) is 0 Å². The number of rotatable bonds is 5. The second kappa shape index (κ2) is 7.41. The Morgan fingerprint density at radius 1 is 1.24 bits per heavy atom. The summed E-state index contributed by atoms with van der Waals surface area (Å²) in [5.74, 6) is 0. The molecule has 1 aliphatic rings. The van der Waals surface area contributed by atoms with Gasteiger partial charge in [-0.1, -0.05) is 39.0 Å². The van der Waals surface area contributed by atoms with Crippen LogP contribution >= 0.6 is 0 Å². The molecule has 1 radical (unpaired) electrons. The molecule has 1 saturated heterocycles. The van der Waals surface area contributed by atoms with Gasteiger partial charge >= 0.3 is 6.18 Å². The number of likely N-dealkylation sites (tertiary alicyclic amines) is 1. The number of nitrogens with zero attached hydrogens (tertiary/aromatic N) is 1. The summed E-state index contributed by atoms with van der Waals surface area (Å²) in [4.78, 5) is 2.25. The van der Waals surface area contributed by atoms with Crippen LogP contribution in [0.3, 0.4) is 0 Å². The Labute approximate surface area is 150 Å². The van der Waals surface area contributed by atoms with E-state index < -0.39 is 20.1 Å². The minimum Gasteiger partial charge on any atom is -0.413 e. The third-order valence-electron chi connectivity index (χ3n) is 5.30. The van der Waals surface area contributed by atoms with Crippen LogP contribution in [-0.2, 0) is 10.6 Å². The van der Waals surface area contributed by atoms with Gasteiger partial charge in [0.05, 0.1) is 11.7 Å². The molecule has 1 heterocycles. The van der Waals surface area contributed by atoms with E-state index in [0.29, 0.717) is 12.1 Å². The first-order valence-corrected chi connectivity index (χ1v) is 11.7. The van der Waals surface area contributed by atoms with Gasteiger partial charge in [0.1, 0.15) is 0 Å². The molecule has 6 heteroatoms. The molecule has 2 nitrogen and oxygen atoms in total. The molecule has 0 saturated carbocycles. The summed E-state index contributed by atoms with van der Waals surface area (Å²) in [5, 5.41) is 0.185. The third-order valence-corrected chi connectivity index (χ3v) is 9.83. The van der Waals surface area contributed by atoms with E-state index >= 15 is 0 Å². The van der Waals surface area contributed by atoms with Gasteiger partial charge in [-0.15, -0.1) is 0 Å². The highest BCUT2D eigenvalue weighted by molar-refractivity contribution is 6.74. The molecule has 25 heavy (non-hydrogen) atoms. The van der Waals surface area contributed by atoms with E-state index in [-0.39, 0.29) is 11.1 Å². The van der Waals surface area contributed by atoms with Crippen molar-refractivity contribution in [1.29, 1.82) is 0 Å². The lowest BCUT2D eigenvalue weighted by Crippen LogP contribution is -2.44. The molecule has 0 aromatic heterocycles. The van der Waals surface area contributed by atoms with Crippen LogP contribution in [0, 0.1) is 6.42 Å². The second-order valence-electron chi connectivity index (χ2n) is 8.38. The lowest BCUT2D eigenvalue weighted by Gasteiger charge is -2.38. The molecule has 1 aromatic carbocycles. The lowest BCUT2D eigenvalue weighted by molar-refractivity contribution is -0.137. The van der Waals surface area contributed by atoms with Crippen molar-refractivity contribution < 1.29 is 17.6 Å². The fourth-order valence-electron chi connectivity index (χ4n) is 2.73. The highest BCUT2D eigenvalue weighted by Gasteiger charge is 2.40. The fourth-order valence-corrected chi connectivity index (χ4v) is 4.11. The Kier molecular flexibility index (Phi) is 6.06. The number of alkyl halides is 3. The minimum atomic E-state index is -4.29. The van der Waals surface area contributed by atoms with Crippen LogP contribution in [0.15, 0.2) is 24.3 Å². The van der Waals surface area contributed by atoms with Crippen LogP contribution in [0.25, 0.3) is 0 Å². The Hall–Kier alpha value is -0.853. The average molecular weight is 373 g/mol. The van der Waals surface area contributed by atoms with Gasteiger partial charge in [-0.2, -0.15) is 13.2 Å². The van der Waals surface area contributed by atoms with Crippen LogP contribution < -0.4 is 0 Å². The Morgan fingerprint density at radius 3 is 2.52 bits per heavy atom. The van der Waals surface area contributed by atoms with Crippen molar-refractivity contribution in [2.75, 3.05) is 19.6 Å². The molecule has 1 aliphatic heterocycles. The van der Waals surface area contributed by atoms with Crippen molar-refractivity contribution in [2.45, 2.75) is 57.6 Å². The molecule has 1 fully saturated rings. The van der Waals surface area contributed by atoms with Crippen molar-refractivity contribution in [3.8, 4) is 0 Å². The van der Waals surface area contributed by atoms with Crippen LogP contribution in [0.2, 0.25) is 18.1 Å². The molecule has 1 atom stereocenters. The lowest BCUT2D eigenvalue weighted by atomic mass is 10.1. The molecule has 1 aromatic rings. The summed E-state index contributed by atoms with van der Waals surface area (Å²) < 4.78 is 44.8. The Bertz CT molecular complexity index is 581. The number of halogens is 3. The first-order valence-electron chi connectivity index (χ1n) is 8.79. The van der Waals surface area contributed by atoms with Gasteiger partial charge in [0.25, 0.3) is 0 Å². The summed E-state index contributed by atoms with van der Waals surface area (Å²) in [5.41, 5.74) is 0.0189. The third kappa shape index (κ3) is 5.56. The van der Waals surface area contributed by atoms with Crippen LogP contribution in [-0.4, -0.2) is 39.0 Å². The van der Waals surface area contributed by atoms with E-state index in [1.54, 1.807) is 6.07 Å². The van der Waals surface area contributed by atoms with Crippen molar-refractivity contribution >= 4 is 8.32 Å². The van der Waals surface area contributed by atoms with E-state index in [1.807, 2.05) is 6.42 Å². The molecule has 0 amide bonds. The predicted octanol–water partition coefficient (Wildman–Crippen LogP) is 5.35. The molecule has 0 N–H and O–H groups in total. The number of hydrogen-bond donors (Lipinski definition) is 0. The summed E-state index contributed by atoms with van der Waals surface area (Å²) in [6.07, 6.45) is -1.21. The van der Waals surface area contributed by atoms with E-state index in [2.05, 4.69) is 38.8 Å². The quantitative estimate of drug-likeness (QED) is 0.646. The van der Waals surface area contributed by atoms with Gasteiger partial charge in [-0.05, 0) is 36.2 Å².